The van der Waals surface area contributed by atoms with E-state index >= 15 is 4.39 Å². The highest BCUT2D eigenvalue weighted by Crippen LogP contribution is 2.34. The minimum absolute atomic E-state index is 0.0161. The molecule has 0 N–H and O–H groups in total. The van der Waals surface area contributed by atoms with E-state index in [1.54, 1.807) is 24.8 Å². The second-order valence-corrected chi connectivity index (χ2v) is 12.1. The minimum Gasteiger partial charge on any atom is -0.350 e. The third-order valence-electron chi connectivity index (χ3n) is 7.17. The number of sulfone groups is 1. The summed E-state index contributed by atoms with van der Waals surface area (Å²) in [4.78, 5) is 37.4. The van der Waals surface area contributed by atoms with Crippen LogP contribution >= 0.6 is 0 Å². The summed E-state index contributed by atoms with van der Waals surface area (Å²) >= 11 is 0. The van der Waals surface area contributed by atoms with Gasteiger partial charge in [-0.05, 0) is 43.7 Å². The summed E-state index contributed by atoms with van der Waals surface area (Å²) < 4.78 is 70.5. The molecule has 0 aliphatic carbocycles. The molecule has 42 heavy (non-hydrogen) atoms. The van der Waals surface area contributed by atoms with E-state index in [0.717, 1.165) is 23.0 Å². The maximum absolute atomic E-state index is 15.7. The zero-order chi connectivity index (χ0) is 30.5. The van der Waals surface area contributed by atoms with Crippen LogP contribution in [0.3, 0.4) is 0 Å². The molecule has 218 valence electrons. The van der Waals surface area contributed by atoms with E-state index in [-0.39, 0.29) is 58.3 Å². The van der Waals surface area contributed by atoms with Crippen molar-refractivity contribution in [3.63, 3.8) is 0 Å². The number of rotatable bonds is 5. The smallest absolute Gasteiger partial charge is 0.350 e. The average molecular weight is 598 g/mol. The number of nitrogens with zero attached hydrogens (tertiary/aromatic N) is 5. The first-order valence-corrected chi connectivity index (χ1v) is 14.8. The van der Waals surface area contributed by atoms with Crippen molar-refractivity contribution in [3.8, 4) is 16.9 Å². The van der Waals surface area contributed by atoms with Gasteiger partial charge in [-0.15, -0.1) is 0 Å². The van der Waals surface area contributed by atoms with Gasteiger partial charge in [0.25, 0.3) is 5.91 Å². The van der Waals surface area contributed by atoms with Gasteiger partial charge in [0.1, 0.15) is 23.1 Å². The fourth-order valence-electron chi connectivity index (χ4n) is 5.21. The highest BCUT2D eigenvalue weighted by atomic mass is 32.2. The van der Waals surface area contributed by atoms with Gasteiger partial charge >= 0.3 is 5.69 Å². The summed E-state index contributed by atoms with van der Waals surface area (Å²) in [5.74, 6) is -3.57. The quantitative estimate of drug-likeness (QED) is 0.321. The van der Waals surface area contributed by atoms with Gasteiger partial charge < -0.3 is 9.80 Å². The summed E-state index contributed by atoms with van der Waals surface area (Å²) in [5, 5.41) is 0.0522. The highest BCUT2D eigenvalue weighted by molar-refractivity contribution is 7.90. The highest BCUT2D eigenvalue weighted by Gasteiger charge is 2.32. The van der Waals surface area contributed by atoms with Crippen LogP contribution in [-0.2, 0) is 14.6 Å². The number of carbonyl (C=O) groups is 1. The third kappa shape index (κ3) is 5.04. The maximum Gasteiger partial charge on any atom is 0.355 e. The van der Waals surface area contributed by atoms with Crippen molar-refractivity contribution in [3.05, 3.63) is 88.6 Å². The van der Waals surface area contributed by atoms with Crippen LogP contribution in [0.4, 0.5) is 19.0 Å². The molecule has 2 aromatic carbocycles. The molecule has 9 nitrogen and oxygen atoms in total. The molecule has 1 amide bonds. The van der Waals surface area contributed by atoms with Crippen LogP contribution in [0.1, 0.15) is 12.5 Å². The summed E-state index contributed by atoms with van der Waals surface area (Å²) in [5.41, 5.74) is -1.21. The number of hydrogen-bond donors (Lipinski definition) is 0. The zero-order valence-corrected chi connectivity index (χ0v) is 23.8. The number of para-hydroxylation sites is 1. The van der Waals surface area contributed by atoms with Crippen molar-refractivity contribution >= 4 is 32.6 Å². The van der Waals surface area contributed by atoms with Crippen LogP contribution < -0.4 is 10.6 Å². The molecule has 0 radical (unpaired) electrons. The number of piperazine rings is 1. The second kappa shape index (κ2) is 10.7. The molecular weight excluding hydrogens is 571 g/mol. The topological polar surface area (TPSA) is 105 Å². The lowest BCUT2D eigenvalue weighted by Gasteiger charge is -2.40. The summed E-state index contributed by atoms with van der Waals surface area (Å²) in [6.07, 6.45) is 0.993. The molecule has 4 aromatic rings. The molecule has 5 rings (SSSR count). The zero-order valence-electron chi connectivity index (χ0n) is 22.9. The predicted molar refractivity (Wildman–Crippen MR) is 152 cm³/mol. The SMILES string of the molecule is C=C(F)C(=O)N1CCN(c2nc(=O)n(-c3c(C)cccc3S(C)(=O)=O)c3nc(-c4ccccc4F)c(F)cc23)[C@@H](C)C1. The molecule has 13 heteroatoms. The summed E-state index contributed by atoms with van der Waals surface area (Å²) in [6.45, 7) is 6.63. The van der Waals surface area contributed by atoms with Crippen molar-refractivity contribution in [2.45, 2.75) is 24.8 Å². The molecular formula is C29H26F3N5O4S. The van der Waals surface area contributed by atoms with Gasteiger partial charge in [0.15, 0.2) is 21.3 Å². The van der Waals surface area contributed by atoms with E-state index in [1.165, 1.54) is 35.2 Å². The van der Waals surface area contributed by atoms with Crippen molar-refractivity contribution in [2.75, 3.05) is 30.8 Å². The summed E-state index contributed by atoms with van der Waals surface area (Å²) in [7, 11) is -3.86. The Kier molecular flexibility index (Phi) is 7.39. The molecule has 0 spiro atoms. The second-order valence-electron chi connectivity index (χ2n) is 10.1. The first kappa shape index (κ1) is 29.0. The predicted octanol–water partition coefficient (Wildman–Crippen LogP) is 3.96. The van der Waals surface area contributed by atoms with Gasteiger partial charge in [-0.3, -0.25) is 4.79 Å². The molecule has 1 saturated heterocycles. The molecule has 1 aliphatic heterocycles. The Morgan fingerprint density at radius 2 is 1.76 bits per heavy atom. The summed E-state index contributed by atoms with van der Waals surface area (Å²) in [6, 6.07) is 10.5. The Hall–Kier alpha value is -4.52. The Morgan fingerprint density at radius 3 is 2.40 bits per heavy atom. The molecule has 3 heterocycles. The number of benzene rings is 2. The normalized spacial score (nSPS) is 15.7. The van der Waals surface area contributed by atoms with Gasteiger partial charge in [-0.2, -0.15) is 4.98 Å². The Balaban J connectivity index is 1.82. The molecule has 1 aliphatic rings. The third-order valence-corrected chi connectivity index (χ3v) is 8.30. The van der Waals surface area contributed by atoms with Gasteiger partial charge in [-0.25, -0.2) is 35.9 Å². The van der Waals surface area contributed by atoms with Crippen molar-refractivity contribution < 1.29 is 26.4 Å². The number of halogens is 3. The van der Waals surface area contributed by atoms with Gasteiger partial charge in [0.05, 0.1) is 16.0 Å². The van der Waals surface area contributed by atoms with E-state index in [1.807, 2.05) is 0 Å². The number of hydrogen-bond acceptors (Lipinski definition) is 7. The Bertz CT molecular complexity index is 1940. The van der Waals surface area contributed by atoms with Crippen LogP contribution in [-0.4, -0.2) is 65.7 Å². The molecule has 0 bridgehead atoms. The van der Waals surface area contributed by atoms with Crippen LogP contribution in [0.2, 0.25) is 0 Å². The fraction of sp³-hybridized carbons (Fsp3) is 0.241. The van der Waals surface area contributed by atoms with Gasteiger partial charge in [0.2, 0.25) is 0 Å². The van der Waals surface area contributed by atoms with Crippen molar-refractivity contribution in [1.82, 2.24) is 19.4 Å². The van der Waals surface area contributed by atoms with E-state index in [9.17, 15) is 26.8 Å². The van der Waals surface area contributed by atoms with E-state index in [0.29, 0.717) is 5.56 Å². The van der Waals surface area contributed by atoms with E-state index in [2.05, 4.69) is 16.5 Å². The number of aromatic nitrogens is 3. The first-order chi connectivity index (χ1) is 19.8. The van der Waals surface area contributed by atoms with Crippen LogP contribution in [0, 0.1) is 18.6 Å². The van der Waals surface area contributed by atoms with E-state index in [4.69, 9.17) is 0 Å². The van der Waals surface area contributed by atoms with Crippen molar-refractivity contribution in [2.24, 2.45) is 0 Å². The number of carbonyl (C=O) groups excluding carboxylic acids is 1. The Morgan fingerprint density at radius 1 is 1.05 bits per heavy atom. The maximum atomic E-state index is 15.7. The lowest BCUT2D eigenvalue weighted by Crippen LogP contribution is -2.54. The van der Waals surface area contributed by atoms with Gasteiger partial charge in [-0.1, -0.05) is 30.8 Å². The molecule has 1 fully saturated rings. The molecule has 2 aromatic heterocycles. The first-order valence-electron chi connectivity index (χ1n) is 12.9. The van der Waals surface area contributed by atoms with Crippen LogP contribution in [0.25, 0.3) is 28.0 Å². The molecule has 0 saturated carbocycles. The lowest BCUT2D eigenvalue weighted by molar-refractivity contribution is -0.129. The number of pyridine rings is 1. The standard InChI is InChI=1S/C29H26F3N5O4S/c1-16-8-7-11-23(42(4,40)41)25(16)37-27-20(14-22(32)24(33-27)19-9-5-6-10-21(19)31)26(34-29(37)39)36-13-12-35(15-17(36)2)28(38)18(3)30/h5-11,14,17H,3,12-13,15H2,1-2,4H3/t17-/m0/s1. The number of amides is 1. The minimum atomic E-state index is -3.86. The lowest BCUT2D eigenvalue weighted by atomic mass is 10.1. The van der Waals surface area contributed by atoms with Crippen LogP contribution in [0.5, 0.6) is 0 Å². The Labute approximate surface area is 239 Å². The molecule has 0 unspecified atom stereocenters. The molecule has 1 atom stereocenters. The number of anilines is 1. The average Bonchev–Trinajstić information content (AvgIpc) is 2.92. The number of aryl methyl sites for hydroxylation is 1. The van der Waals surface area contributed by atoms with E-state index < -0.39 is 44.9 Å². The monoisotopic (exact) mass is 597 g/mol. The fourth-order valence-corrected chi connectivity index (χ4v) is 6.14. The van der Waals surface area contributed by atoms with Crippen LogP contribution in [0.15, 0.2) is 70.6 Å². The number of fused-ring (bicyclic) bond motifs is 1. The van der Waals surface area contributed by atoms with Crippen molar-refractivity contribution in [1.29, 1.82) is 0 Å². The van der Waals surface area contributed by atoms with Gasteiger partial charge in [0, 0.05) is 37.5 Å². The largest absolute Gasteiger partial charge is 0.355 e.